The van der Waals surface area contributed by atoms with E-state index in [0.29, 0.717) is 13.1 Å². The van der Waals surface area contributed by atoms with Gasteiger partial charge in [-0.05, 0) is 42.7 Å². The van der Waals surface area contributed by atoms with E-state index in [9.17, 15) is 4.79 Å². The lowest BCUT2D eigenvalue weighted by Crippen LogP contribution is -2.43. The summed E-state index contributed by atoms with van der Waals surface area (Å²) in [5.74, 6) is 2.37. The molecule has 3 aromatic rings. The molecule has 7 nitrogen and oxygen atoms in total. The average molecular weight is 378 g/mol. The zero-order valence-electron chi connectivity index (χ0n) is 15.5. The molecule has 3 heterocycles. The van der Waals surface area contributed by atoms with Gasteiger partial charge in [0.1, 0.15) is 0 Å². The molecule has 5 rings (SSSR count). The van der Waals surface area contributed by atoms with Crippen LogP contribution in [-0.4, -0.2) is 35.8 Å². The van der Waals surface area contributed by atoms with Gasteiger partial charge in [0.05, 0.1) is 17.0 Å². The molecule has 0 saturated carbocycles. The number of aromatic nitrogens is 2. The van der Waals surface area contributed by atoms with Gasteiger partial charge in [-0.25, -0.2) is 4.98 Å². The van der Waals surface area contributed by atoms with Crippen molar-refractivity contribution in [1.29, 1.82) is 0 Å². The van der Waals surface area contributed by atoms with Crippen molar-refractivity contribution < 1.29 is 14.3 Å². The SMILES string of the molecule is O=C(NCc1ccc2c(c1)OCO2)C1CCCN(c2nc3ccccc3[nH]2)C1. The second-order valence-electron chi connectivity index (χ2n) is 7.27. The van der Waals surface area contributed by atoms with E-state index >= 15 is 0 Å². The van der Waals surface area contributed by atoms with Crippen LogP contribution >= 0.6 is 0 Å². The molecule has 2 aliphatic rings. The minimum atomic E-state index is -0.0454. The summed E-state index contributed by atoms with van der Waals surface area (Å²) in [5.41, 5.74) is 2.97. The van der Waals surface area contributed by atoms with Crippen LogP contribution in [0.5, 0.6) is 11.5 Å². The number of fused-ring (bicyclic) bond motifs is 2. The Balaban J connectivity index is 1.22. The van der Waals surface area contributed by atoms with Gasteiger partial charge < -0.3 is 24.7 Å². The lowest BCUT2D eigenvalue weighted by Gasteiger charge is -2.31. The smallest absolute Gasteiger partial charge is 0.231 e. The van der Waals surface area contributed by atoms with Crippen molar-refractivity contribution in [3.05, 3.63) is 48.0 Å². The maximum atomic E-state index is 12.7. The average Bonchev–Trinajstić information content (AvgIpc) is 3.38. The van der Waals surface area contributed by atoms with Crippen molar-refractivity contribution in [1.82, 2.24) is 15.3 Å². The molecule has 1 unspecified atom stereocenters. The Labute approximate surface area is 162 Å². The first-order chi connectivity index (χ1) is 13.8. The second kappa shape index (κ2) is 7.07. The van der Waals surface area contributed by atoms with Gasteiger partial charge in [-0.2, -0.15) is 0 Å². The summed E-state index contributed by atoms with van der Waals surface area (Å²) in [4.78, 5) is 22.9. The third-order valence-electron chi connectivity index (χ3n) is 5.37. The summed E-state index contributed by atoms with van der Waals surface area (Å²) in [6, 6.07) is 13.7. The van der Waals surface area contributed by atoms with Gasteiger partial charge in [-0.15, -0.1) is 0 Å². The first-order valence-corrected chi connectivity index (χ1v) is 9.62. The molecule has 2 aliphatic heterocycles. The third kappa shape index (κ3) is 3.24. The molecule has 0 bridgehead atoms. The van der Waals surface area contributed by atoms with E-state index in [-0.39, 0.29) is 18.6 Å². The number of nitrogens with one attached hydrogen (secondary N) is 2. The van der Waals surface area contributed by atoms with Gasteiger partial charge in [-0.1, -0.05) is 18.2 Å². The highest BCUT2D eigenvalue weighted by Gasteiger charge is 2.27. The maximum Gasteiger partial charge on any atom is 0.231 e. The number of piperidine rings is 1. The number of anilines is 1. The predicted octanol–water partition coefficient (Wildman–Crippen LogP) is 2.82. The Bertz CT molecular complexity index is 983. The minimum Gasteiger partial charge on any atom is -0.454 e. The number of aromatic amines is 1. The molecule has 1 saturated heterocycles. The van der Waals surface area contributed by atoms with Crippen LogP contribution in [0.2, 0.25) is 0 Å². The van der Waals surface area contributed by atoms with Gasteiger partial charge in [0.15, 0.2) is 11.5 Å². The number of ether oxygens (including phenoxy) is 2. The summed E-state index contributed by atoms with van der Waals surface area (Å²) in [6.07, 6.45) is 1.86. The number of H-pyrrole nitrogens is 1. The lowest BCUT2D eigenvalue weighted by molar-refractivity contribution is -0.125. The fourth-order valence-electron chi connectivity index (χ4n) is 3.86. The molecule has 0 radical (unpaired) electrons. The van der Waals surface area contributed by atoms with Crippen molar-refractivity contribution in [2.24, 2.45) is 5.92 Å². The number of nitrogens with zero attached hydrogens (tertiary/aromatic N) is 2. The first-order valence-electron chi connectivity index (χ1n) is 9.62. The Kier molecular flexibility index (Phi) is 4.27. The van der Waals surface area contributed by atoms with Crippen LogP contribution in [0.1, 0.15) is 18.4 Å². The molecule has 144 valence electrons. The number of hydrogen-bond acceptors (Lipinski definition) is 5. The molecule has 0 spiro atoms. The van der Waals surface area contributed by atoms with Gasteiger partial charge >= 0.3 is 0 Å². The van der Waals surface area contributed by atoms with Crippen molar-refractivity contribution in [2.75, 3.05) is 24.8 Å². The van der Waals surface area contributed by atoms with Gasteiger partial charge in [-0.3, -0.25) is 4.79 Å². The van der Waals surface area contributed by atoms with Crippen LogP contribution in [0.15, 0.2) is 42.5 Å². The Morgan fingerprint density at radius 1 is 1.21 bits per heavy atom. The quantitative estimate of drug-likeness (QED) is 0.730. The van der Waals surface area contributed by atoms with E-state index in [1.54, 1.807) is 0 Å². The molecule has 7 heteroatoms. The zero-order chi connectivity index (χ0) is 18.9. The number of imidazole rings is 1. The van der Waals surface area contributed by atoms with E-state index in [1.165, 1.54) is 0 Å². The number of carbonyl (C=O) groups is 1. The largest absolute Gasteiger partial charge is 0.454 e. The van der Waals surface area contributed by atoms with E-state index in [2.05, 4.69) is 20.2 Å². The van der Waals surface area contributed by atoms with E-state index < -0.39 is 0 Å². The maximum absolute atomic E-state index is 12.7. The number of para-hydroxylation sites is 2. The van der Waals surface area contributed by atoms with Crippen LogP contribution < -0.4 is 19.7 Å². The van der Waals surface area contributed by atoms with Crippen molar-refractivity contribution in [2.45, 2.75) is 19.4 Å². The Morgan fingerprint density at radius 3 is 3.04 bits per heavy atom. The molecule has 2 N–H and O–H groups in total. The van der Waals surface area contributed by atoms with Crippen molar-refractivity contribution in [3.63, 3.8) is 0 Å². The number of carbonyl (C=O) groups excluding carboxylic acids is 1. The third-order valence-corrected chi connectivity index (χ3v) is 5.37. The monoisotopic (exact) mass is 378 g/mol. The van der Waals surface area contributed by atoms with Gasteiger partial charge in [0, 0.05) is 19.6 Å². The molecule has 1 atom stereocenters. The highest BCUT2D eigenvalue weighted by Crippen LogP contribution is 2.32. The molecule has 1 fully saturated rings. The number of rotatable bonds is 4. The molecular weight excluding hydrogens is 356 g/mol. The van der Waals surface area contributed by atoms with E-state index in [1.807, 2.05) is 42.5 Å². The number of benzene rings is 2. The summed E-state index contributed by atoms with van der Waals surface area (Å²) >= 11 is 0. The minimum absolute atomic E-state index is 0.0454. The molecule has 0 aliphatic carbocycles. The number of amides is 1. The fourth-order valence-corrected chi connectivity index (χ4v) is 3.86. The van der Waals surface area contributed by atoms with Crippen LogP contribution in [0, 0.1) is 5.92 Å². The zero-order valence-corrected chi connectivity index (χ0v) is 15.5. The molecule has 1 amide bonds. The predicted molar refractivity (Wildman–Crippen MR) is 105 cm³/mol. The van der Waals surface area contributed by atoms with Crippen LogP contribution in [0.4, 0.5) is 5.95 Å². The molecule has 28 heavy (non-hydrogen) atoms. The Hall–Kier alpha value is -3.22. The normalized spacial score (nSPS) is 18.4. The standard InChI is InChI=1S/C21H22N4O3/c26-20(22-11-14-7-8-18-19(10-14)28-13-27-18)15-4-3-9-25(12-15)21-23-16-5-1-2-6-17(16)24-21/h1-2,5-8,10,15H,3-4,9,11-13H2,(H,22,26)(H,23,24). The van der Waals surface area contributed by atoms with Crippen molar-refractivity contribution >= 4 is 22.9 Å². The van der Waals surface area contributed by atoms with Crippen molar-refractivity contribution in [3.8, 4) is 11.5 Å². The summed E-state index contributed by atoms with van der Waals surface area (Å²) in [7, 11) is 0. The highest BCUT2D eigenvalue weighted by molar-refractivity contribution is 5.80. The van der Waals surface area contributed by atoms with Crippen LogP contribution in [-0.2, 0) is 11.3 Å². The summed E-state index contributed by atoms with van der Waals surface area (Å²) in [6.45, 7) is 2.32. The first kappa shape index (κ1) is 16.9. The number of hydrogen-bond donors (Lipinski definition) is 2. The molecular formula is C21H22N4O3. The lowest BCUT2D eigenvalue weighted by atomic mass is 9.97. The molecule has 2 aromatic carbocycles. The van der Waals surface area contributed by atoms with Crippen LogP contribution in [0.25, 0.3) is 11.0 Å². The Morgan fingerprint density at radius 2 is 2.11 bits per heavy atom. The summed E-state index contributed by atoms with van der Waals surface area (Å²) < 4.78 is 10.7. The van der Waals surface area contributed by atoms with Gasteiger partial charge in [0.25, 0.3) is 0 Å². The highest BCUT2D eigenvalue weighted by atomic mass is 16.7. The summed E-state index contributed by atoms with van der Waals surface area (Å²) in [5, 5.41) is 3.07. The molecule has 1 aromatic heterocycles. The van der Waals surface area contributed by atoms with E-state index in [0.717, 1.165) is 53.4 Å². The topological polar surface area (TPSA) is 79.5 Å². The van der Waals surface area contributed by atoms with E-state index in [4.69, 9.17) is 9.47 Å². The van der Waals surface area contributed by atoms with Crippen LogP contribution in [0.3, 0.4) is 0 Å². The fraction of sp³-hybridized carbons (Fsp3) is 0.333. The second-order valence-corrected chi connectivity index (χ2v) is 7.27. The van der Waals surface area contributed by atoms with Gasteiger partial charge in [0.2, 0.25) is 18.6 Å².